The van der Waals surface area contributed by atoms with Gasteiger partial charge in [-0.15, -0.1) is 0 Å². The Bertz CT molecular complexity index is 868. The summed E-state index contributed by atoms with van der Waals surface area (Å²) in [5.74, 6) is 0.701. The zero-order chi connectivity index (χ0) is 17.8. The quantitative estimate of drug-likeness (QED) is 0.716. The van der Waals surface area contributed by atoms with Gasteiger partial charge in [0.15, 0.2) is 5.69 Å². The largest absolute Gasteiger partial charge is 0.441 e. The molecule has 1 amide bonds. The number of aryl methyl sites for hydroxylation is 2. The molecule has 0 aliphatic heterocycles. The number of carbonyl (C=O) groups is 1. The lowest BCUT2D eigenvalue weighted by atomic mass is 10.1. The molecule has 25 heavy (non-hydrogen) atoms. The highest BCUT2D eigenvalue weighted by atomic mass is 35.5. The van der Waals surface area contributed by atoms with Crippen LogP contribution < -0.4 is 5.32 Å². The first-order valence-electron chi connectivity index (χ1n) is 8.16. The van der Waals surface area contributed by atoms with Crippen molar-refractivity contribution in [3.63, 3.8) is 0 Å². The second-order valence-electron chi connectivity index (χ2n) is 5.78. The Kier molecular flexibility index (Phi) is 5.19. The molecule has 1 heterocycles. The molecule has 128 valence electrons. The van der Waals surface area contributed by atoms with Crippen LogP contribution in [0.3, 0.4) is 0 Å². The Hall–Kier alpha value is -2.59. The Labute approximate surface area is 151 Å². The van der Waals surface area contributed by atoms with Gasteiger partial charge in [0, 0.05) is 17.1 Å². The fraction of sp³-hybridized carbons (Fsp3) is 0.200. The number of benzene rings is 2. The smallest absolute Gasteiger partial charge is 0.273 e. The third-order valence-corrected chi connectivity index (χ3v) is 4.24. The van der Waals surface area contributed by atoms with Crippen LogP contribution in [0.2, 0.25) is 5.02 Å². The minimum atomic E-state index is -0.257. The maximum absolute atomic E-state index is 12.4. The van der Waals surface area contributed by atoms with E-state index in [0.29, 0.717) is 28.9 Å². The monoisotopic (exact) mass is 354 g/mol. The van der Waals surface area contributed by atoms with E-state index in [2.05, 4.69) is 17.2 Å². The summed E-state index contributed by atoms with van der Waals surface area (Å²) in [6.45, 7) is 4.25. The standard InChI is InChI=1S/C20H19ClN2O2/c1-3-14-4-8-16(9-5-14)20-23-18(13(2)25-20)19(24)22-12-15-6-10-17(21)11-7-15/h4-11H,3,12H2,1-2H3,(H,22,24). The van der Waals surface area contributed by atoms with E-state index in [0.717, 1.165) is 17.5 Å². The number of hydrogen-bond donors (Lipinski definition) is 1. The Balaban J connectivity index is 1.72. The van der Waals surface area contributed by atoms with Crippen molar-refractivity contribution in [2.45, 2.75) is 26.8 Å². The molecule has 2 aromatic carbocycles. The molecule has 3 aromatic rings. The van der Waals surface area contributed by atoms with Crippen molar-refractivity contribution in [3.8, 4) is 11.5 Å². The molecular weight excluding hydrogens is 336 g/mol. The summed E-state index contributed by atoms with van der Waals surface area (Å²) < 4.78 is 5.67. The number of amides is 1. The Morgan fingerprint density at radius 2 is 1.72 bits per heavy atom. The lowest BCUT2D eigenvalue weighted by Crippen LogP contribution is -2.23. The van der Waals surface area contributed by atoms with Crippen molar-refractivity contribution in [2.24, 2.45) is 0 Å². The summed E-state index contributed by atoms with van der Waals surface area (Å²) in [6.07, 6.45) is 0.975. The molecule has 0 aliphatic rings. The number of hydrogen-bond acceptors (Lipinski definition) is 3. The van der Waals surface area contributed by atoms with Gasteiger partial charge in [0.2, 0.25) is 5.89 Å². The van der Waals surface area contributed by atoms with Gasteiger partial charge >= 0.3 is 0 Å². The number of aromatic nitrogens is 1. The molecule has 3 rings (SSSR count). The van der Waals surface area contributed by atoms with Crippen LogP contribution in [0.1, 0.15) is 34.3 Å². The topological polar surface area (TPSA) is 55.1 Å². The van der Waals surface area contributed by atoms with E-state index in [1.807, 2.05) is 36.4 Å². The predicted molar refractivity (Wildman–Crippen MR) is 98.7 cm³/mol. The average molecular weight is 355 g/mol. The normalized spacial score (nSPS) is 10.7. The van der Waals surface area contributed by atoms with Crippen molar-refractivity contribution in [1.82, 2.24) is 10.3 Å². The van der Waals surface area contributed by atoms with Gasteiger partial charge in [-0.2, -0.15) is 0 Å². The van der Waals surface area contributed by atoms with Gasteiger partial charge in [0.25, 0.3) is 5.91 Å². The van der Waals surface area contributed by atoms with Crippen LogP contribution in [0, 0.1) is 6.92 Å². The summed E-state index contributed by atoms with van der Waals surface area (Å²) in [6, 6.07) is 15.3. The molecule has 0 spiro atoms. The van der Waals surface area contributed by atoms with E-state index in [-0.39, 0.29) is 5.91 Å². The summed E-state index contributed by atoms with van der Waals surface area (Å²) >= 11 is 5.86. The molecule has 4 nitrogen and oxygen atoms in total. The molecule has 0 saturated carbocycles. The third-order valence-electron chi connectivity index (χ3n) is 3.99. The molecule has 0 unspecified atom stereocenters. The SMILES string of the molecule is CCc1ccc(-c2nc(C(=O)NCc3ccc(Cl)cc3)c(C)o2)cc1. The molecule has 0 aliphatic carbocycles. The minimum Gasteiger partial charge on any atom is -0.441 e. The van der Waals surface area contributed by atoms with Gasteiger partial charge in [-0.25, -0.2) is 4.98 Å². The van der Waals surface area contributed by atoms with Crippen molar-refractivity contribution in [3.05, 3.63) is 76.1 Å². The van der Waals surface area contributed by atoms with Crippen molar-refractivity contribution in [2.75, 3.05) is 0 Å². The van der Waals surface area contributed by atoms with Crippen molar-refractivity contribution < 1.29 is 9.21 Å². The van der Waals surface area contributed by atoms with E-state index < -0.39 is 0 Å². The van der Waals surface area contributed by atoms with Crippen LogP contribution in [-0.2, 0) is 13.0 Å². The molecule has 0 bridgehead atoms. The van der Waals surface area contributed by atoms with Crippen LogP contribution in [0.25, 0.3) is 11.5 Å². The minimum absolute atomic E-state index is 0.257. The van der Waals surface area contributed by atoms with Crippen LogP contribution in [-0.4, -0.2) is 10.9 Å². The fourth-order valence-corrected chi connectivity index (χ4v) is 2.61. The summed E-state index contributed by atoms with van der Waals surface area (Å²) in [5.41, 5.74) is 3.38. The molecule has 0 radical (unpaired) electrons. The van der Waals surface area contributed by atoms with Gasteiger partial charge in [-0.05, 0) is 48.7 Å². The first-order chi connectivity index (χ1) is 12.1. The van der Waals surface area contributed by atoms with E-state index >= 15 is 0 Å². The van der Waals surface area contributed by atoms with E-state index in [1.165, 1.54) is 5.56 Å². The van der Waals surface area contributed by atoms with Crippen LogP contribution in [0.15, 0.2) is 52.9 Å². The molecule has 1 aromatic heterocycles. The lowest BCUT2D eigenvalue weighted by molar-refractivity contribution is 0.0945. The highest BCUT2D eigenvalue weighted by Gasteiger charge is 2.17. The first-order valence-corrected chi connectivity index (χ1v) is 8.54. The summed E-state index contributed by atoms with van der Waals surface area (Å²) in [7, 11) is 0. The van der Waals surface area contributed by atoms with Gasteiger partial charge in [-0.3, -0.25) is 4.79 Å². The highest BCUT2D eigenvalue weighted by molar-refractivity contribution is 6.30. The van der Waals surface area contributed by atoms with E-state index in [9.17, 15) is 4.79 Å². The summed E-state index contributed by atoms with van der Waals surface area (Å²) in [5, 5.41) is 3.52. The highest BCUT2D eigenvalue weighted by Crippen LogP contribution is 2.22. The van der Waals surface area contributed by atoms with Gasteiger partial charge in [-0.1, -0.05) is 42.8 Å². The van der Waals surface area contributed by atoms with Crippen molar-refractivity contribution >= 4 is 17.5 Å². The Morgan fingerprint density at radius 3 is 2.36 bits per heavy atom. The molecule has 0 atom stereocenters. The number of nitrogens with zero attached hydrogens (tertiary/aromatic N) is 1. The summed E-state index contributed by atoms with van der Waals surface area (Å²) in [4.78, 5) is 16.8. The van der Waals surface area contributed by atoms with Crippen LogP contribution in [0.4, 0.5) is 0 Å². The second kappa shape index (κ2) is 7.53. The van der Waals surface area contributed by atoms with Crippen LogP contribution >= 0.6 is 11.6 Å². The van der Waals surface area contributed by atoms with Gasteiger partial charge in [0.1, 0.15) is 5.76 Å². The number of oxazole rings is 1. The van der Waals surface area contributed by atoms with Crippen LogP contribution in [0.5, 0.6) is 0 Å². The van der Waals surface area contributed by atoms with Gasteiger partial charge < -0.3 is 9.73 Å². The van der Waals surface area contributed by atoms with Gasteiger partial charge in [0.05, 0.1) is 0 Å². The number of carbonyl (C=O) groups excluding carboxylic acids is 1. The molecule has 0 fully saturated rings. The van der Waals surface area contributed by atoms with Crippen molar-refractivity contribution in [1.29, 1.82) is 0 Å². The molecular formula is C20H19ClN2O2. The average Bonchev–Trinajstić information content (AvgIpc) is 3.03. The predicted octanol–water partition coefficient (Wildman–Crippen LogP) is 4.80. The maximum atomic E-state index is 12.4. The zero-order valence-electron chi connectivity index (χ0n) is 14.2. The molecule has 0 saturated heterocycles. The van der Waals surface area contributed by atoms with E-state index in [1.54, 1.807) is 19.1 Å². The molecule has 1 N–H and O–H groups in total. The first kappa shape index (κ1) is 17.2. The Morgan fingerprint density at radius 1 is 1.08 bits per heavy atom. The zero-order valence-corrected chi connectivity index (χ0v) is 14.9. The molecule has 5 heteroatoms. The number of rotatable bonds is 5. The number of nitrogens with one attached hydrogen (secondary N) is 1. The van der Waals surface area contributed by atoms with E-state index in [4.69, 9.17) is 16.0 Å². The fourth-order valence-electron chi connectivity index (χ4n) is 2.48. The maximum Gasteiger partial charge on any atom is 0.273 e. The second-order valence-corrected chi connectivity index (χ2v) is 6.22. The lowest BCUT2D eigenvalue weighted by Gasteiger charge is -2.03. The number of halogens is 1. The third kappa shape index (κ3) is 4.09.